The number of hydrogen-bond acceptors (Lipinski definition) is 3. The normalized spacial score (nSPS) is 22.8. The number of Topliss-reactive ketones (excluding diaryl/α,β-unsaturated/α-hetero) is 1. The Morgan fingerprint density at radius 2 is 1.77 bits per heavy atom. The van der Waals surface area contributed by atoms with E-state index in [-0.39, 0.29) is 0 Å². The van der Waals surface area contributed by atoms with Crippen molar-refractivity contribution in [1.82, 2.24) is 9.47 Å². The zero-order valence-corrected chi connectivity index (χ0v) is 18.4. The minimum absolute atomic E-state index is 0.326. The number of piperidine rings is 3. The van der Waals surface area contributed by atoms with Crippen LogP contribution in [0.15, 0.2) is 73.1 Å². The van der Waals surface area contributed by atoms with Gasteiger partial charge < -0.3 is 9.47 Å². The second kappa shape index (κ2) is 7.77. The van der Waals surface area contributed by atoms with Gasteiger partial charge in [-0.3, -0.25) is 4.79 Å². The van der Waals surface area contributed by atoms with E-state index in [0.717, 1.165) is 23.0 Å². The summed E-state index contributed by atoms with van der Waals surface area (Å²) in [5, 5.41) is 1.17. The third-order valence-corrected chi connectivity index (χ3v) is 8.34. The van der Waals surface area contributed by atoms with Crippen LogP contribution in [0.3, 0.4) is 0 Å². The van der Waals surface area contributed by atoms with Gasteiger partial charge >= 0.3 is 0 Å². The maximum Gasteiger partial charge on any atom is 0.173 e. The van der Waals surface area contributed by atoms with Crippen LogP contribution >= 0.6 is 11.3 Å². The molecule has 7 rings (SSSR count). The average Bonchev–Trinajstić information content (AvgIpc) is 3.50. The summed E-state index contributed by atoms with van der Waals surface area (Å²) in [6, 6.07) is 21.2. The van der Waals surface area contributed by atoms with Crippen molar-refractivity contribution in [2.75, 3.05) is 19.6 Å². The lowest BCUT2D eigenvalue weighted by Crippen LogP contribution is -2.47. The molecule has 0 radical (unpaired) electrons. The highest BCUT2D eigenvalue weighted by Crippen LogP contribution is 2.38. The number of nitrogens with zero attached hydrogens (tertiary/aromatic N) is 2. The van der Waals surface area contributed by atoms with E-state index < -0.39 is 0 Å². The number of aromatic nitrogens is 1. The van der Waals surface area contributed by atoms with Crippen molar-refractivity contribution in [1.29, 1.82) is 0 Å². The first kappa shape index (κ1) is 19.0. The van der Waals surface area contributed by atoms with Gasteiger partial charge in [0.1, 0.15) is 0 Å². The minimum atomic E-state index is 0.326. The van der Waals surface area contributed by atoms with E-state index in [4.69, 9.17) is 0 Å². The van der Waals surface area contributed by atoms with Crippen molar-refractivity contribution >= 4 is 27.2 Å². The monoisotopic (exact) mass is 426 g/mol. The fourth-order valence-corrected chi connectivity index (χ4v) is 6.57. The highest BCUT2D eigenvalue weighted by atomic mass is 32.1. The lowest BCUT2D eigenvalue weighted by Gasteiger charge is -2.44. The van der Waals surface area contributed by atoms with Crippen LogP contribution in [0.2, 0.25) is 0 Å². The van der Waals surface area contributed by atoms with Crippen LogP contribution in [0.5, 0.6) is 0 Å². The van der Waals surface area contributed by atoms with Crippen LogP contribution in [0.4, 0.5) is 0 Å². The summed E-state index contributed by atoms with van der Waals surface area (Å²) in [7, 11) is 0. The summed E-state index contributed by atoms with van der Waals surface area (Å²) in [6.07, 6.45) is 7.37. The molecule has 4 heteroatoms. The minimum Gasteiger partial charge on any atom is -0.324 e. The van der Waals surface area contributed by atoms with Crippen molar-refractivity contribution in [3.05, 3.63) is 77.9 Å². The van der Waals surface area contributed by atoms with Crippen molar-refractivity contribution in [2.24, 2.45) is 11.8 Å². The van der Waals surface area contributed by atoms with Gasteiger partial charge in [0.05, 0.1) is 4.88 Å². The summed E-state index contributed by atoms with van der Waals surface area (Å²) in [5.74, 6) is 1.61. The van der Waals surface area contributed by atoms with E-state index in [1.807, 2.05) is 12.1 Å². The third-order valence-electron chi connectivity index (χ3n) is 7.12. The topological polar surface area (TPSA) is 25.2 Å². The molecule has 156 valence electrons. The Morgan fingerprint density at radius 1 is 0.968 bits per heavy atom. The Kier molecular flexibility index (Phi) is 4.77. The molecule has 0 spiro atoms. The molecule has 3 saturated heterocycles. The Labute approximate surface area is 186 Å². The predicted octanol–water partition coefficient (Wildman–Crippen LogP) is 6.27. The van der Waals surface area contributed by atoms with E-state index in [9.17, 15) is 4.79 Å². The lowest BCUT2D eigenvalue weighted by atomic mass is 9.76. The number of thiophene rings is 1. The number of fused-ring (bicyclic) bond motifs is 4. The summed E-state index contributed by atoms with van der Waals surface area (Å²) >= 11 is 1.67. The molecule has 4 aromatic rings. The number of carbonyl (C=O) groups is 1. The molecule has 5 heterocycles. The molecule has 3 nitrogen and oxygen atoms in total. The molecule has 0 aliphatic carbocycles. The van der Waals surface area contributed by atoms with Crippen molar-refractivity contribution < 1.29 is 4.79 Å². The van der Waals surface area contributed by atoms with E-state index >= 15 is 0 Å². The molecule has 31 heavy (non-hydrogen) atoms. The molecular formula is C27H26N2OS. The second-order valence-corrected chi connectivity index (χ2v) is 10.1. The van der Waals surface area contributed by atoms with Crippen LogP contribution in [-0.4, -0.2) is 34.9 Å². The molecule has 0 saturated carbocycles. The van der Waals surface area contributed by atoms with Gasteiger partial charge in [-0.1, -0.05) is 30.3 Å². The Morgan fingerprint density at radius 3 is 2.55 bits per heavy atom. The van der Waals surface area contributed by atoms with Crippen LogP contribution in [-0.2, 0) is 0 Å². The molecule has 2 bridgehead atoms. The summed E-state index contributed by atoms with van der Waals surface area (Å²) < 4.78 is 3.34. The predicted molar refractivity (Wildman–Crippen MR) is 128 cm³/mol. The third kappa shape index (κ3) is 3.54. The van der Waals surface area contributed by atoms with Gasteiger partial charge in [-0.15, -0.1) is 11.3 Å². The lowest BCUT2D eigenvalue weighted by molar-refractivity contribution is 0.0442. The number of hydrogen-bond donors (Lipinski definition) is 0. The van der Waals surface area contributed by atoms with Crippen LogP contribution in [0, 0.1) is 11.8 Å². The summed E-state index contributed by atoms with van der Waals surface area (Å²) in [5.41, 5.74) is 3.54. The van der Waals surface area contributed by atoms with Crippen molar-refractivity contribution in [3.8, 4) is 16.8 Å². The molecular weight excluding hydrogens is 400 g/mol. The molecule has 0 N–H and O–H groups in total. The molecule has 1 atom stereocenters. The fraction of sp³-hybridized carbons (Fsp3) is 0.296. The number of rotatable bonds is 5. The van der Waals surface area contributed by atoms with E-state index in [1.54, 1.807) is 11.3 Å². The standard InChI is InChI=1S/C27H26N2OS/c30-25(16-22-18-28-13-9-19(22)10-14-28)26-17-21-6-4-8-24(27(21)31-26)20-5-3-7-23(15-20)29-11-1-2-12-29/h1-8,11-12,15,17,19,22H,9-10,13-14,16,18H2/t22-/m0/s1. The van der Waals surface area contributed by atoms with Gasteiger partial charge in [-0.2, -0.15) is 0 Å². The first-order valence-electron chi connectivity index (χ1n) is 11.3. The van der Waals surface area contributed by atoms with E-state index in [2.05, 4.69) is 70.4 Å². The van der Waals surface area contributed by atoms with Crippen LogP contribution < -0.4 is 0 Å². The molecule has 0 amide bonds. The quantitative estimate of drug-likeness (QED) is 0.351. The molecule has 3 aliphatic heterocycles. The van der Waals surface area contributed by atoms with Gasteiger partial charge in [-0.25, -0.2) is 0 Å². The first-order chi connectivity index (χ1) is 15.2. The van der Waals surface area contributed by atoms with E-state index in [1.165, 1.54) is 47.1 Å². The zero-order chi connectivity index (χ0) is 20.8. The molecule has 0 unspecified atom stereocenters. The van der Waals surface area contributed by atoms with Crippen molar-refractivity contribution in [2.45, 2.75) is 19.3 Å². The SMILES string of the molecule is O=C(C[C@H]1CN2CCC1CC2)c1cc2cccc(-c3cccc(-n4cccc4)c3)c2s1. The molecule has 3 fully saturated rings. The summed E-state index contributed by atoms with van der Waals surface area (Å²) in [6.45, 7) is 3.56. The fourth-order valence-electron chi connectivity index (χ4n) is 5.43. The van der Waals surface area contributed by atoms with Crippen LogP contribution in [0.25, 0.3) is 26.9 Å². The molecule has 2 aromatic heterocycles. The first-order valence-corrected chi connectivity index (χ1v) is 12.1. The van der Waals surface area contributed by atoms with Gasteiger partial charge in [0.25, 0.3) is 0 Å². The number of carbonyl (C=O) groups excluding carboxylic acids is 1. The zero-order valence-electron chi connectivity index (χ0n) is 17.5. The van der Waals surface area contributed by atoms with Gasteiger partial charge in [-0.05, 0) is 84.6 Å². The van der Waals surface area contributed by atoms with Gasteiger partial charge in [0.2, 0.25) is 0 Å². The summed E-state index contributed by atoms with van der Waals surface area (Å²) in [4.78, 5) is 16.7. The Hall–Kier alpha value is -2.69. The largest absolute Gasteiger partial charge is 0.324 e. The molecule has 2 aromatic carbocycles. The average molecular weight is 427 g/mol. The smallest absolute Gasteiger partial charge is 0.173 e. The van der Waals surface area contributed by atoms with E-state index in [0.29, 0.717) is 18.1 Å². The van der Waals surface area contributed by atoms with Gasteiger partial charge in [0, 0.05) is 35.7 Å². The Bertz CT molecular complexity index is 1230. The van der Waals surface area contributed by atoms with Gasteiger partial charge in [0.15, 0.2) is 5.78 Å². The van der Waals surface area contributed by atoms with Crippen LogP contribution in [0.1, 0.15) is 28.9 Å². The number of benzene rings is 2. The Balaban J connectivity index is 1.31. The maximum absolute atomic E-state index is 13.2. The highest BCUT2D eigenvalue weighted by molar-refractivity contribution is 7.21. The highest BCUT2D eigenvalue weighted by Gasteiger charge is 2.35. The number of ketones is 1. The molecule has 3 aliphatic rings. The maximum atomic E-state index is 13.2. The second-order valence-electron chi connectivity index (χ2n) is 9.00. The van der Waals surface area contributed by atoms with Crippen molar-refractivity contribution in [3.63, 3.8) is 0 Å².